The third-order valence-corrected chi connectivity index (χ3v) is 8.06. The van der Waals surface area contributed by atoms with Gasteiger partial charge in [0.25, 0.3) is 11.8 Å². The molecule has 4 aromatic rings. The number of benzene rings is 4. The van der Waals surface area contributed by atoms with E-state index >= 15 is 0 Å². The lowest BCUT2D eigenvalue weighted by molar-refractivity contribution is -0.115. The van der Waals surface area contributed by atoms with Crippen molar-refractivity contribution >= 4 is 46.9 Å². The van der Waals surface area contributed by atoms with Crippen molar-refractivity contribution < 1.29 is 28.6 Å². The number of nitrogens with one attached hydrogen (secondary N) is 3. The largest absolute Gasteiger partial charge is 0.494 e. The van der Waals surface area contributed by atoms with Gasteiger partial charge >= 0.3 is 0 Å². The van der Waals surface area contributed by atoms with Crippen molar-refractivity contribution in [1.29, 1.82) is 0 Å². The monoisotopic (exact) mass is 653 g/mol. The number of ether oxygens (including phenoxy) is 3. The summed E-state index contributed by atoms with van der Waals surface area (Å²) in [6, 6.07) is 28.3. The highest BCUT2D eigenvalue weighted by atomic mass is 32.2. The van der Waals surface area contributed by atoms with Crippen molar-refractivity contribution in [3.05, 3.63) is 114 Å². The maximum absolute atomic E-state index is 13.5. The molecule has 0 heterocycles. The van der Waals surface area contributed by atoms with Crippen LogP contribution >= 0.6 is 11.8 Å². The van der Waals surface area contributed by atoms with Crippen molar-refractivity contribution in [3.8, 4) is 17.2 Å². The fraction of sp³-hybridized carbons (Fsp3) is 0.216. The Morgan fingerprint density at radius 2 is 1.49 bits per heavy atom. The van der Waals surface area contributed by atoms with E-state index in [0.29, 0.717) is 40.6 Å². The third-order valence-electron chi connectivity index (χ3n) is 6.94. The second kappa shape index (κ2) is 17.5. The smallest absolute Gasteiger partial charge is 0.272 e. The van der Waals surface area contributed by atoms with E-state index in [-0.39, 0.29) is 16.9 Å². The van der Waals surface area contributed by atoms with Crippen LogP contribution in [-0.2, 0) is 9.59 Å². The summed E-state index contributed by atoms with van der Waals surface area (Å²) in [7, 11) is 3.03. The maximum Gasteiger partial charge on any atom is 0.272 e. The van der Waals surface area contributed by atoms with Crippen LogP contribution in [0.5, 0.6) is 17.2 Å². The Balaban J connectivity index is 1.42. The molecule has 0 radical (unpaired) electrons. The predicted octanol–water partition coefficient (Wildman–Crippen LogP) is 7.41. The summed E-state index contributed by atoms with van der Waals surface area (Å²) in [4.78, 5) is 40.2. The first-order valence-corrected chi connectivity index (χ1v) is 16.1. The van der Waals surface area contributed by atoms with E-state index in [4.69, 9.17) is 14.2 Å². The van der Waals surface area contributed by atoms with E-state index in [9.17, 15) is 14.4 Å². The molecule has 0 spiro atoms. The number of para-hydroxylation sites is 1. The molecule has 0 fully saturated rings. The highest BCUT2D eigenvalue weighted by Crippen LogP contribution is 2.32. The van der Waals surface area contributed by atoms with Gasteiger partial charge in [-0.25, -0.2) is 0 Å². The molecule has 1 unspecified atom stereocenters. The molecule has 0 bridgehead atoms. The number of methoxy groups -OCH3 is 2. The highest BCUT2D eigenvalue weighted by molar-refractivity contribution is 8.00. The molecular weight excluding hydrogens is 614 g/mol. The molecule has 4 aromatic carbocycles. The average Bonchev–Trinajstić information content (AvgIpc) is 3.09. The lowest BCUT2D eigenvalue weighted by Crippen LogP contribution is -2.30. The maximum atomic E-state index is 13.5. The van der Waals surface area contributed by atoms with Crippen molar-refractivity contribution in [2.75, 3.05) is 31.5 Å². The van der Waals surface area contributed by atoms with Crippen molar-refractivity contribution in [1.82, 2.24) is 5.32 Å². The van der Waals surface area contributed by atoms with E-state index in [1.807, 2.05) is 43.3 Å². The Morgan fingerprint density at radius 3 is 2.15 bits per heavy atom. The summed E-state index contributed by atoms with van der Waals surface area (Å²) in [5.41, 5.74) is 2.15. The fourth-order valence-corrected chi connectivity index (χ4v) is 5.28. The van der Waals surface area contributed by atoms with Gasteiger partial charge in [0.15, 0.2) is 11.5 Å². The van der Waals surface area contributed by atoms with Gasteiger partial charge in [0.2, 0.25) is 5.91 Å². The number of amides is 3. The summed E-state index contributed by atoms with van der Waals surface area (Å²) in [6.07, 6.45) is 3.59. The van der Waals surface area contributed by atoms with Gasteiger partial charge in [-0.2, -0.15) is 0 Å². The van der Waals surface area contributed by atoms with Crippen LogP contribution in [0.25, 0.3) is 6.08 Å². The molecule has 0 aliphatic heterocycles. The molecule has 47 heavy (non-hydrogen) atoms. The molecule has 0 aliphatic carbocycles. The first-order chi connectivity index (χ1) is 22.8. The Morgan fingerprint density at radius 1 is 0.809 bits per heavy atom. The number of rotatable bonds is 15. The normalized spacial score (nSPS) is 11.6. The molecule has 1 atom stereocenters. The third kappa shape index (κ3) is 10.1. The molecule has 0 saturated carbocycles. The fourth-order valence-electron chi connectivity index (χ4n) is 4.41. The van der Waals surface area contributed by atoms with E-state index in [1.165, 1.54) is 32.1 Å². The van der Waals surface area contributed by atoms with Crippen LogP contribution in [0.2, 0.25) is 0 Å². The minimum absolute atomic E-state index is 0.00899. The molecule has 3 N–H and O–H groups in total. The Kier molecular flexibility index (Phi) is 12.9. The van der Waals surface area contributed by atoms with Gasteiger partial charge in [0.05, 0.1) is 26.1 Å². The summed E-state index contributed by atoms with van der Waals surface area (Å²) in [6.45, 7) is 4.61. The second-order valence-corrected chi connectivity index (χ2v) is 11.8. The number of anilines is 2. The molecule has 10 heteroatoms. The van der Waals surface area contributed by atoms with Crippen LogP contribution in [0.3, 0.4) is 0 Å². The number of hydrogen-bond donors (Lipinski definition) is 3. The van der Waals surface area contributed by atoms with E-state index in [2.05, 4.69) is 22.9 Å². The van der Waals surface area contributed by atoms with Crippen LogP contribution in [0.1, 0.15) is 42.6 Å². The average molecular weight is 654 g/mol. The van der Waals surface area contributed by atoms with E-state index in [1.54, 1.807) is 60.7 Å². The molecular formula is C37H39N3O6S. The molecule has 0 aliphatic rings. The summed E-state index contributed by atoms with van der Waals surface area (Å²) in [5.74, 6) is 0.563. The first-order valence-electron chi connectivity index (χ1n) is 15.2. The lowest BCUT2D eigenvalue weighted by atomic mass is 10.1. The van der Waals surface area contributed by atoms with Crippen molar-refractivity contribution in [3.63, 3.8) is 0 Å². The molecule has 0 aromatic heterocycles. The van der Waals surface area contributed by atoms with Crippen molar-refractivity contribution in [2.24, 2.45) is 0 Å². The SMILES string of the molecule is CCCCOc1ccc(NC(=O)C(C)Sc2ccc(NC(=O)/C(=C/c3cccc(OC)c3OC)NC(=O)c3ccccc3)cc2)cc1. The lowest BCUT2D eigenvalue weighted by Gasteiger charge is -2.15. The molecule has 3 amide bonds. The van der Waals surface area contributed by atoms with Gasteiger partial charge in [0, 0.05) is 27.4 Å². The second-order valence-electron chi connectivity index (χ2n) is 10.4. The topological polar surface area (TPSA) is 115 Å². The van der Waals surface area contributed by atoms with E-state index < -0.39 is 11.8 Å². The Bertz CT molecular complexity index is 1680. The van der Waals surface area contributed by atoms with E-state index in [0.717, 1.165) is 23.5 Å². The standard InChI is InChI=1S/C37H39N3O6S/c1-5-6-23-46-30-19-15-28(16-20-30)38-35(41)25(2)47-31-21-17-29(18-22-31)39-37(43)32(40-36(42)26-11-8-7-9-12-26)24-27-13-10-14-33(44-3)34(27)45-4/h7-22,24-25H,5-6,23H2,1-4H3,(H,38,41)(H,39,43)(H,40,42)/b32-24-. The molecule has 0 saturated heterocycles. The van der Waals surface area contributed by atoms with Gasteiger partial charge in [-0.1, -0.05) is 43.7 Å². The minimum atomic E-state index is -0.533. The van der Waals surface area contributed by atoms with Gasteiger partial charge in [-0.15, -0.1) is 11.8 Å². The highest BCUT2D eigenvalue weighted by Gasteiger charge is 2.18. The zero-order valence-corrected chi connectivity index (χ0v) is 27.7. The number of carbonyl (C=O) groups is 3. The number of thioether (sulfide) groups is 1. The molecule has 244 valence electrons. The zero-order valence-electron chi connectivity index (χ0n) is 26.9. The summed E-state index contributed by atoms with van der Waals surface area (Å²) < 4.78 is 16.6. The van der Waals surface area contributed by atoms with Crippen LogP contribution < -0.4 is 30.2 Å². The number of hydrogen-bond acceptors (Lipinski definition) is 7. The number of unbranched alkanes of at least 4 members (excludes halogenated alkanes) is 1. The van der Waals surface area contributed by atoms with Gasteiger partial charge in [0.1, 0.15) is 11.4 Å². The van der Waals surface area contributed by atoms with Gasteiger partial charge in [-0.3, -0.25) is 14.4 Å². The zero-order chi connectivity index (χ0) is 33.6. The first kappa shape index (κ1) is 34.6. The molecule has 4 rings (SSSR count). The number of carbonyl (C=O) groups excluding carboxylic acids is 3. The van der Waals surface area contributed by atoms with Crippen LogP contribution in [0.15, 0.2) is 108 Å². The van der Waals surface area contributed by atoms with Gasteiger partial charge < -0.3 is 30.2 Å². The van der Waals surface area contributed by atoms with Crippen LogP contribution in [-0.4, -0.2) is 43.8 Å². The minimum Gasteiger partial charge on any atom is -0.494 e. The Labute approximate surface area is 279 Å². The Hall–Kier alpha value is -5.22. The van der Waals surface area contributed by atoms with Crippen LogP contribution in [0, 0.1) is 0 Å². The van der Waals surface area contributed by atoms with Crippen LogP contribution in [0.4, 0.5) is 11.4 Å². The quantitative estimate of drug-likeness (QED) is 0.0695. The van der Waals surface area contributed by atoms with Crippen molar-refractivity contribution in [2.45, 2.75) is 36.8 Å². The summed E-state index contributed by atoms with van der Waals surface area (Å²) in [5, 5.41) is 8.14. The summed E-state index contributed by atoms with van der Waals surface area (Å²) >= 11 is 1.39. The predicted molar refractivity (Wildman–Crippen MR) is 187 cm³/mol. The van der Waals surface area contributed by atoms with Gasteiger partial charge in [-0.05, 0) is 86.2 Å². The molecule has 9 nitrogen and oxygen atoms in total.